The van der Waals surface area contributed by atoms with Crippen LogP contribution in [0.15, 0.2) is 42.5 Å². The van der Waals surface area contributed by atoms with Crippen molar-refractivity contribution in [1.82, 2.24) is 4.90 Å². The molecule has 0 saturated carbocycles. The Balaban J connectivity index is 2.21. The molecule has 4 nitrogen and oxygen atoms in total. The number of phenols is 2. The van der Waals surface area contributed by atoms with Crippen molar-refractivity contribution in [3.63, 3.8) is 0 Å². The number of hydrogen-bond acceptors (Lipinski definition) is 3. The average Bonchev–Trinajstić information content (AvgIpc) is 2.43. The number of para-hydroxylation sites is 1. The quantitative estimate of drug-likeness (QED) is 0.855. The molecule has 0 aliphatic carbocycles. The third-order valence-electron chi connectivity index (χ3n) is 2.96. The highest BCUT2D eigenvalue weighted by atomic mass is 35.5. The van der Waals surface area contributed by atoms with Crippen LogP contribution in [0.3, 0.4) is 0 Å². The van der Waals surface area contributed by atoms with Crippen molar-refractivity contribution in [3.05, 3.63) is 58.6 Å². The lowest BCUT2D eigenvalue weighted by molar-refractivity contribution is 0.0781. The van der Waals surface area contributed by atoms with Crippen molar-refractivity contribution in [3.8, 4) is 11.5 Å². The van der Waals surface area contributed by atoms with Gasteiger partial charge in [-0.3, -0.25) is 4.79 Å². The molecular formula is C15H14ClNO3. The van der Waals surface area contributed by atoms with Gasteiger partial charge in [-0.1, -0.05) is 35.9 Å². The maximum Gasteiger partial charge on any atom is 0.257 e. The highest BCUT2D eigenvalue weighted by Gasteiger charge is 2.18. The summed E-state index contributed by atoms with van der Waals surface area (Å²) in [4.78, 5) is 13.7. The van der Waals surface area contributed by atoms with Crippen LogP contribution in [0.4, 0.5) is 0 Å². The molecule has 0 radical (unpaired) electrons. The minimum absolute atomic E-state index is 0.0551. The number of benzene rings is 2. The zero-order valence-electron chi connectivity index (χ0n) is 10.9. The molecule has 5 heteroatoms. The van der Waals surface area contributed by atoms with Crippen molar-refractivity contribution in [2.45, 2.75) is 6.54 Å². The van der Waals surface area contributed by atoms with Gasteiger partial charge in [0.05, 0.1) is 5.56 Å². The van der Waals surface area contributed by atoms with Crippen LogP contribution in [0, 0.1) is 0 Å². The van der Waals surface area contributed by atoms with Crippen LogP contribution in [-0.2, 0) is 6.54 Å². The van der Waals surface area contributed by atoms with Gasteiger partial charge in [0.1, 0.15) is 0 Å². The fourth-order valence-electron chi connectivity index (χ4n) is 1.86. The molecular weight excluding hydrogens is 278 g/mol. The molecule has 0 bridgehead atoms. The predicted octanol–water partition coefficient (Wildman–Crippen LogP) is 3.02. The number of amides is 1. The second kappa shape index (κ2) is 5.84. The van der Waals surface area contributed by atoms with Crippen molar-refractivity contribution >= 4 is 17.5 Å². The first-order chi connectivity index (χ1) is 9.50. The Morgan fingerprint density at radius 2 is 1.85 bits per heavy atom. The highest BCUT2D eigenvalue weighted by Crippen LogP contribution is 2.29. The van der Waals surface area contributed by atoms with Gasteiger partial charge in [-0.2, -0.15) is 0 Å². The summed E-state index contributed by atoms with van der Waals surface area (Å²) in [6.45, 7) is 0.313. The number of carbonyl (C=O) groups excluding carboxylic acids is 1. The Morgan fingerprint density at radius 1 is 1.15 bits per heavy atom. The number of phenolic OH excluding ortho intramolecular Hbond substituents is 2. The van der Waals surface area contributed by atoms with Crippen LogP contribution in [0.2, 0.25) is 5.02 Å². The van der Waals surface area contributed by atoms with Gasteiger partial charge in [-0.15, -0.1) is 0 Å². The van der Waals surface area contributed by atoms with Crippen molar-refractivity contribution in [2.75, 3.05) is 7.05 Å². The third kappa shape index (κ3) is 2.86. The van der Waals surface area contributed by atoms with E-state index in [2.05, 4.69) is 0 Å². The summed E-state index contributed by atoms with van der Waals surface area (Å²) >= 11 is 6.05. The Morgan fingerprint density at radius 3 is 2.55 bits per heavy atom. The zero-order valence-corrected chi connectivity index (χ0v) is 11.6. The maximum atomic E-state index is 12.2. The number of hydrogen-bond donors (Lipinski definition) is 2. The van der Waals surface area contributed by atoms with E-state index < -0.39 is 11.7 Å². The number of halogens is 1. The van der Waals surface area contributed by atoms with E-state index in [0.29, 0.717) is 11.6 Å². The summed E-state index contributed by atoms with van der Waals surface area (Å²) in [5.74, 6) is -1.12. The average molecular weight is 292 g/mol. The van der Waals surface area contributed by atoms with E-state index in [1.165, 1.54) is 23.1 Å². The van der Waals surface area contributed by atoms with Crippen LogP contribution in [0.25, 0.3) is 0 Å². The lowest BCUT2D eigenvalue weighted by atomic mass is 10.1. The van der Waals surface area contributed by atoms with Gasteiger partial charge in [0.2, 0.25) is 0 Å². The van der Waals surface area contributed by atoms with E-state index in [1.807, 2.05) is 18.2 Å². The van der Waals surface area contributed by atoms with Crippen LogP contribution in [0.5, 0.6) is 11.5 Å². The molecule has 2 rings (SSSR count). The summed E-state index contributed by atoms with van der Waals surface area (Å²) in [6, 6.07) is 11.5. The highest BCUT2D eigenvalue weighted by molar-refractivity contribution is 6.31. The van der Waals surface area contributed by atoms with E-state index in [1.54, 1.807) is 13.1 Å². The van der Waals surface area contributed by atoms with E-state index in [0.717, 1.165) is 5.56 Å². The first kappa shape index (κ1) is 14.2. The minimum atomic E-state index is -0.413. The van der Waals surface area contributed by atoms with Gasteiger partial charge in [-0.25, -0.2) is 0 Å². The molecule has 0 heterocycles. The lowest BCUT2D eigenvalue weighted by Gasteiger charge is -2.18. The van der Waals surface area contributed by atoms with Gasteiger partial charge in [0.25, 0.3) is 5.91 Å². The number of nitrogens with zero attached hydrogens (tertiary/aromatic N) is 1. The molecule has 20 heavy (non-hydrogen) atoms. The molecule has 2 aromatic carbocycles. The van der Waals surface area contributed by atoms with Gasteiger partial charge < -0.3 is 15.1 Å². The number of rotatable bonds is 3. The van der Waals surface area contributed by atoms with Gasteiger partial charge in [0, 0.05) is 18.6 Å². The maximum absolute atomic E-state index is 12.2. The van der Waals surface area contributed by atoms with Crippen molar-refractivity contribution in [1.29, 1.82) is 0 Å². The topological polar surface area (TPSA) is 60.8 Å². The molecule has 0 saturated heterocycles. The number of aromatic hydroxyl groups is 2. The molecule has 2 N–H and O–H groups in total. The molecule has 0 atom stereocenters. The van der Waals surface area contributed by atoms with Crippen LogP contribution < -0.4 is 0 Å². The molecule has 104 valence electrons. The molecule has 0 aliphatic rings. The van der Waals surface area contributed by atoms with Crippen LogP contribution in [0.1, 0.15) is 15.9 Å². The lowest BCUT2D eigenvalue weighted by Crippen LogP contribution is -2.26. The summed E-state index contributed by atoms with van der Waals surface area (Å²) in [7, 11) is 1.61. The zero-order chi connectivity index (χ0) is 14.7. The van der Waals surface area contributed by atoms with Crippen LogP contribution in [-0.4, -0.2) is 28.1 Å². The molecule has 0 aromatic heterocycles. The van der Waals surface area contributed by atoms with E-state index in [9.17, 15) is 15.0 Å². The second-order valence-corrected chi connectivity index (χ2v) is 4.83. The Bertz CT molecular complexity index is 643. The molecule has 1 amide bonds. The first-order valence-corrected chi connectivity index (χ1v) is 6.38. The van der Waals surface area contributed by atoms with E-state index >= 15 is 0 Å². The fraction of sp³-hybridized carbons (Fsp3) is 0.133. The largest absolute Gasteiger partial charge is 0.504 e. The van der Waals surface area contributed by atoms with Crippen molar-refractivity contribution in [2.24, 2.45) is 0 Å². The molecule has 2 aromatic rings. The van der Waals surface area contributed by atoms with Gasteiger partial charge in [0.15, 0.2) is 11.5 Å². The van der Waals surface area contributed by atoms with E-state index in [4.69, 9.17) is 11.6 Å². The van der Waals surface area contributed by atoms with Crippen LogP contribution >= 0.6 is 11.6 Å². The normalized spacial score (nSPS) is 10.3. The fourth-order valence-corrected chi connectivity index (χ4v) is 2.06. The summed E-state index contributed by atoms with van der Waals surface area (Å²) in [6.07, 6.45) is 0. The predicted molar refractivity (Wildman–Crippen MR) is 77.0 cm³/mol. The number of carbonyl (C=O) groups is 1. The monoisotopic (exact) mass is 291 g/mol. The Hall–Kier alpha value is -2.20. The Kier molecular flexibility index (Phi) is 4.15. The first-order valence-electron chi connectivity index (χ1n) is 6.00. The third-order valence-corrected chi connectivity index (χ3v) is 3.33. The SMILES string of the molecule is CN(Cc1ccccc1Cl)C(=O)c1cccc(O)c1O. The smallest absolute Gasteiger partial charge is 0.257 e. The molecule has 0 fully saturated rings. The van der Waals surface area contributed by atoms with Crippen molar-refractivity contribution < 1.29 is 15.0 Å². The standard InChI is InChI=1S/C15H14ClNO3/c1-17(9-10-5-2-3-7-12(10)16)15(20)11-6-4-8-13(18)14(11)19/h2-8,18-19H,9H2,1H3. The summed E-state index contributed by atoms with van der Waals surface area (Å²) < 4.78 is 0. The molecule has 0 unspecified atom stereocenters. The summed E-state index contributed by atoms with van der Waals surface area (Å²) in [5.41, 5.74) is 0.865. The molecule has 0 spiro atoms. The molecule has 0 aliphatic heterocycles. The minimum Gasteiger partial charge on any atom is -0.504 e. The van der Waals surface area contributed by atoms with Gasteiger partial charge >= 0.3 is 0 Å². The Labute approximate surface area is 121 Å². The second-order valence-electron chi connectivity index (χ2n) is 4.43. The van der Waals surface area contributed by atoms with E-state index in [-0.39, 0.29) is 11.3 Å². The van der Waals surface area contributed by atoms with Gasteiger partial charge in [-0.05, 0) is 23.8 Å². The summed E-state index contributed by atoms with van der Waals surface area (Å²) in [5, 5.41) is 19.7.